The van der Waals surface area contributed by atoms with E-state index < -0.39 is 0 Å². The standard InChI is InChI=1S/C19H27N5O2/c1-14(23-12-15(2)26-16(3)13-23)11-20-19(25)22-17-7-4-5-8-18(17)24-10-6-9-21-24/h4-10,14-16H,11-13H2,1-3H3,(H2,20,22,25). The molecule has 26 heavy (non-hydrogen) atoms. The lowest BCUT2D eigenvalue weighted by atomic mass is 10.2. The van der Waals surface area contributed by atoms with Gasteiger partial charge in [0, 0.05) is 38.1 Å². The molecule has 1 aromatic heterocycles. The van der Waals surface area contributed by atoms with E-state index in [-0.39, 0.29) is 24.3 Å². The summed E-state index contributed by atoms with van der Waals surface area (Å²) < 4.78 is 7.50. The van der Waals surface area contributed by atoms with Gasteiger partial charge in [-0.25, -0.2) is 9.48 Å². The van der Waals surface area contributed by atoms with Crippen molar-refractivity contribution in [2.75, 3.05) is 25.0 Å². The fraction of sp³-hybridized carbons (Fsp3) is 0.474. The Morgan fingerprint density at radius 3 is 2.69 bits per heavy atom. The molecule has 2 amide bonds. The molecule has 1 fully saturated rings. The van der Waals surface area contributed by atoms with Crippen LogP contribution in [0.25, 0.3) is 5.69 Å². The quantitative estimate of drug-likeness (QED) is 0.862. The molecule has 3 atom stereocenters. The van der Waals surface area contributed by atoms with Crippen LogP contribution in [0.5, 0.6) is 0 Å². The maximum atomic E-state index is 12.4. The molecule has 0 saturated carbocycles. The van der Waals surface area contributed by atoms with Crippen LogP contribution >= 0.6 is 0 Å². The highest BCUT2D eigenvalue weighted by Gasteiger charge is 2.25. The summed E-state index contributed by atoms with van der Waals surface area (Å²) in [6.07, 6.45) is 4.00. The van der Waals surface area contributed by atoms with Crippen LogP contribution in [-0.2, 0) is 4.74 Å². The minimum atomic E-state index is -0.217. The fourth-order valence-electron chi connectivity index (χ4n) is 3.30. The lowest BCUT2D eigenvalue weighted by molar-refractivity contribution is -0.0777. The first kappa shape index (κ1) is 18.4. The van der Waals surface area contributed by atoms with E-state index in [4.69, 9.17) is 4.74 Å². The molecule has 2 heterocycles. The van der Waals surface area contributed by atoms with Crippen LogP contribution in [0, 0.1) is 0 Å². The van der Waals surface area contributed by atoms with E-state index in [1.807, 2.05) is 36.5 Å². The van der Waals surface area contributed by atoms with Gasteiger partial charge >= 0.3 is 6.03 Å². The average molecular weight is 357 g/mol. The van der Waals surface area contributed by atoms with Crippen LogP contribution in [-0.4, -0.2) is 58.6 Å². The minimum absolute atomic E-state index is 0.217. The molecule has 0 bridgehead atoms. The number of hydrogen-bond acceptors (Lipinski definition) is 4. The molecule has 7 nitrogen and oxygen atoms in total. The summed E-state index contributed by atoms with van der Waals surface area (Å²) >= 11 is 0. The van der Waals surface area contributed by atoms with Gasteiger partial charge in [0.1, 0.15) is 0 Å². The second-order valence-electron chi connectivity index (χ2n) is 6.86. The van der Waals surface area contributed by atoms with Crippen molar-refractivity contribution in [3.05, 3.63) is 42.7 Å². The molecule has 3 rings (SSSR count). The van der Waals surface area contributed by atoms with Gasteiger partial charge in [-0.05, 0) is 39.0 Å². The predicted molar refractivity (Wildman–Crippen MR) is 102 cm³/mol. The summed E-state index contributed by atoms with van der Waals surface area (Å²) in [5.74, 6) is 0. The SMILES string of the molecule is CC1CN(C(C)CNC(=O)Nc2ccccc2-n2cccn2)CC(C)O1. The smallest absolute Gasteiger partial charge is 0.319 e. The van der Waals surface area contributed by atoms with E-state index in [2.05, 4.69) is 41.4 Å². The number of amides is 2. The van der Waals surface area contributed by atoms with Crippen LogP contribution < -0.4 is 10.6 Å². The summed E-state index contributed by atoms with van der Waals surface area (Å²) in [5, 5.41) is 10.1. The van der Waals surface area contributed by atoms with Crippen molar-refractivity contribution >= 4 is 11.7 Å². The minimum Gasteiger partial charge on any atom is -0.373 e. The molecule has 1 aromatic carbocycles. The fourth-order valence-corrected chi connectivity index (χ4v) is 3.30. The number of para-hydroxylation sites is 2. The molecule has 2 N–H and O–H groups in total. The number of hydrogen-bond donors (Lipinski definition) is 2. The highest BCUT2D eigenvalue weighted by atomic mass is 16.5. The van der Waals surface area contributed by atoms with Gasteiger partial charge < -0.3 is 15.4 Å². The molecule has 3 unspecified atom stereocenters. The highest BCUT2D eigenvalue weighted by Crippen LogP contribution is 2.19. The molecular formula is C19H27N5O2. The third kappa shape index (κ3) is 4.62. The number of morpholine rings is 1. The van der Waals surface area contributed by atoms with Crippen molar-refractivity contribution in [1.29, 1.82) is 0 Å². The number of aromatic nitrogens is 2. The van der Waals surface area contributed by atoms with Crippen LogP contribution in [0.3, 0.4) is 0 Å². The van der Waals surface area contributed by atoms with Crippen molar-refractivity contribution in [1.82, 2.24) is 20.0 Å². The molecule has 2 aromatic rings. The van der Waals surface area contributed by atoms with Crippen LogP contribution in [0.1, 0.15) is 20.8 Å². The summed E-state index contributed by atoms with van der Waals surface area (Å²) in [4.78, 5) is 14.7. The van der Waals surface area contributed by atoms with Crippen molar-refractivity contribution in [3.8, 4) is 5.69 Å². The lowest BCUT2D eigenvalue weighted by Gasteiger charge is -2.38. The van der Waals surface area contributed by atoms with E-state index in [1.165, 1.54) is 0 Å². The maximum Gasteiger partial charge on any atom is 0.319 e. The Morgan fingerprint density at radius 2 is 2.00 bits per heavy atom. The van der Waals surface area contributed by atoms with Gasteiger partial charge in [0.15, 0.2) is 0 Å². The summed E-state index contributed by atoms with van der Waals surface area (Å²) in [6.45, 7) is 8.65. The summed E-state index contributed by atoms with van der Waals surface area (Å²) in [5.41, 5.74) is 1.55. The van der Waals surface area contributed by atoms with Gasteiger partial charge in [-0.3, -0.25) is 4.90 Å². The number of benzene rings is 1. The van der Waals surface area contributed by atoms with Gasteiger partial charge in [-0.1, -0.05) is 12.1 Å². The van der Waals surface area contributed by atoms with E-state index in [0.29, 0.717) is 6.54 Å². The monoisotopic (exact) mass is 357 g/mol. The van der Waals surface area contributed by atoms with Crippen LogP contribution in [0.15, 0.2) is 42.7 Å². The Kier molecular flexibility index (Phi) is 5.90. The second kappa shape index (κ2) is 8.33. The Hall–Kier alpha value is -2.38. The van der Waals surface area contributed by atoms with Crippen molar-refractivity contribution < 1.29 is 9.53 Å². The third-order valence-corrected chi connectivity index (χ3v) is 4.53. The third-order valence-electron chi connectivity index (χ3n) is 4.53. The molecule has 1 aliphatic rings. The average Bonchev–Trinajstić information content (AvgIpc) is 3.13. The number of carbonyl (C=O) groups excluding carboxylic acids is 1. The zero-order valence-electron chi connectivity index (χ0n) is 15.6. The number of carbonyl (C=O) groups is 1. The maximum absolute atomic E-state index is 12.4. The van der Waals surface area contributed by atoms with Gasteiger partial charge in [0.05, 0.1) is 23.6 Å². The molecular weight excluding hydrogens is 330 g/mol. The van der Waals surface area contributed by atoms with E-state index in [9.17, 15) is 4.79 Å². The van der Waals surface area contributed by atoms with Crippen molar-refractivity contribution in [3.63, 3.8) is 0 Å². The van der Waals surface area contributed by atoms with Crippen molar-refractivity contribution in [2.45, 2.75) is 39.0 Å². The van der Waals surface area contributed by atoms with Gasteiger partial charge in [-0.15, -0.1) is 0 Å². The largest absolute Gasteiger partial charge is 0.373 e. The first-order valence-electron chi connectivity index (χ1n) is 9.06. The van der Waals surface area contributed by atoms with Crippen LogP contribution in [0.4, 0.5) is 10.5 Å². The molecule has 0 spiro atoms. The number of nitrogens with one attached hydrogen (secondary N) is 2. The number of rotatable bonds is 5. The summed E-state index contributed by atoms with van der Waals surface area (Å²) in [7, 11) is 0. The number of urea groups is 1. The normalized spacial score (nSPS) is 22.0. The topological polar surface area (TPSA) is 71.4 Å². The van der Waals surface area contributed by atoms with Gasteiger partial charge in [0.2, 0.25) is 0 Å². The number of anilines is 1. The molecule has 7 heteroatoms. The Morgan fingerprint density at radius 1 is 1.27 bits per heavy atom. The zero-order chi connectivity index (χ0) is 18.5. The lowest BCUT2D eigenvalue weighted by Crippen LogP contribution is -2.52. The van der Waals surface area contributed by atoms with E-state index in [1.54, 1.807) is 10.9 Å². The summed E-state index contributed by atoms with van der Waals surface area (Å²) in [6, 6.07) is 9.47. The Balaban J connectivity index is 1.55. The predicted octanol–water partition coefficient (Wildman–Crippen LogP) is 2.49. The van der Waals surface area contributed by atoms with Gasteiger partial charge in [0.25, 0.3) is 0 Å². The Bertz CT molecular complexity index is 708. The first-order valence-corrected chi connectivity index (χ1v) is 9.06. The Labute approximate surface area is 154 Å². The highest BCUT2D eigenvalue weighted by molar-refractivity contribution is 5.91. The number of nitrogens with zero attached hydrogens (tertiary/aromatic N) is 3. The molecule has 140 valence electrons. The zero-order valence-corrected chi connectivity index (χ0v) is 15.6. The molecule has 0 radical (unpaired) electrons. The first-order chi connectivity index (χ1) is 12.5. The van der Waals surface area contributed by atoms with Crippen LogP contribution in [0.2, 0.25) is 0 Å². The molecule has 1 aliphatic heterocycles. The number of ether oxygens (including phenoxy) is 1. The van der Waals surface area contributed by atoms with Gasteiger partial charge in [-0.2, -0.15) is 5.10 Å². The second-order valence-corrected chi connectivity index (χ2v) is 6.86. The molecule has 0 aliphatic carbocycles. The van der Waals surface area contributed by atoms with E-state index >= 15 is 0 Å². The van der Waals surface area contributed by atoms with Crippen molar-refractivity contribution in [2.24, 2.45) is 0 Å². The van der Waals surface area contributed by atoms with E-state index in [0.717, 1.165) is 24.5 Å². The molecule has 1 saturated heterocycles.